The molecule has 1 fully saturated rings. The first-order chi connectivity index (χ1) is 7.88. The van der Waals surface area contributed by atoms with Crippen molar-refractivity contribution in [3.05, 3.63) is 11.9 Å². The van der Waals surface area contributed by atoms with Gasteiger partial charge in [0, 0.05) is 19.3 Å². The first-order valence-electron chi connectivity index (χ1n) is 6.20. The third kappa shape index (κ3) is 3.28. The normalized spacial score (nSPS) is 18.6. The molecule has 0 spiro atoms. The predicted molar refractivity (Wildman–Crippen MR) is 62.8 cm³/mol. The molecule has 1 aromatic rings. The molecule has 1 aliphatic rings. The maximum Gasteiger partial charge on any atom is 0.0962 e. The zero-order valence-electron chi connectivity index (χ0n) is 9.81. The van der Waals surface area contributed by atoms with Gasteiger partial charge >= 0.3 is 0 Å². The first kappa shape index (κ1) is 11.5. The largest absolute Gasteiger partial charge is 0.325 e. The molecule has 2 rings (SSSR count). The highest BCUT2D eigenvalue weighted by Gasteiger charge is 2.08. The van der Waals surface area contributed by atoms with E-state index < -0.39 is 0 Å². The lowest BCUT2D eigenvalue weighted by Crippen LogP contribution is -2.28. The number of rotatable bonds is 4. The second-order valence-corrected chi connectivity index (χ2v) is 4.43. The highest BCUT2D eigenvalue weighted by molar-refractivity contribution is 4.90. The Morgan fingerprint density at radius 1 is 1.12 bits per heavy atom. The summed E-state index contributed by atoms with van der Waals surface area (Å²) in [6.07, 6.45) is 7.39. The lowest BCUT2D eigenvalue weighted by molar-refractivity contribution is 0.267. The van der Waals surface area contributed by atoms with Crippen molar-refractivity contribution < 1.29 is 0 Å². The molecule has 0 aromatic carbocycles. The molecule has 0 atom stereocenters. The third-order valence-electron chi connectivity index (χ3n) is 3.14. The molecule has 0 aliphatic carbocycles. The maximum absolute atomic E-state index is 5.50. The summed E-state index contributed by atoms with van der Waals surface area (Å²) in [7, 11) is 0. The Kier molecular flexibility index (Phi) is 4.30. The molecule has 2 N–H and O–H groups in total. The monoisotopic (exact) mass is 223 g/mol. The molecule has 2 heterocycles. The topological polar surface area (TPSA) is 60.0 Å². The van der Waals surface area contributed by atoms with Crippen molar-refractivity contribution in [2.75, 3.05) is 19.6 Å². The van der Waals surface area contributed by atoms with Crippen LogP contribution in [0.4, 0.5) is 0 Å². The second kappa shape index (κ2) is 5.96. The van der Waals surface area contributed by atoms with E-state index in [0.717, 1.165) is 18.8 Å². The zero-order chi connectivity index (χ0) is 11.2. The zero-order valence-corrected chi connectivity index (χ0v) is 9.81. The number of nitrogens with zero attached hydrogens (tertiary/aromatic N) is 4. The highest BCUT2D eigenvalue weighted by Crippen LogP contribution is 2.09. The van der Waals surface area contributed by atoms with Gasteiger partial charge in [-0.15, -0.1) is 5.10 Å². The number of hydrogen-bond acceptors (Lipinski definition) is 4. The third-order valence-corrected chi connectivity index (χ3v) is 3.14. The molecule has 0 unspecified atom stereocenters. The van der Waals surface area contributed by atoms with Crippen molar-refractivity contribution in [2.45, 2.75) is 38.8 Å². The molecule has 0 bridgehead atoms. The van der Waals surface area contributed by atoms with Crippen molar-refractivity contribution in [3.8, 4) is 0 Å². The van der Waals surface area contributed by atoms with Crippen LogP contribution in [0.2, 0.25) is 0 Å². The van der Waals surface area contributed by atoms with Gasteiger partial charge < -0.3 is 10.6 Å². The van der Waals surface area contributed by atoms with Crippen LogP contribution in [0.5, 0.6) is 0 Å². The summed E-state index contributed by atoms with van der Waals surface area (Å²) in [5.41, 5.74) is 6.37. The van der Waals surface area contributed by atoms with E-state index in [0.29, 0.717) is 6.54 Å². The van der Waals surface area contributed by atoms with Gasteiger partial charge in [-0.1, -0.05) is 18.1 Å². The van der Waals surface area contributed by atoms with Gasteiger partial charge in [-0.05, 0) is 25.9 Å². The van der Waals surface area contributed by atoms with Crippen LogP contribution < -0.4 is 5.73 Å². The van der Waals surface area contributed by atoms with Crippen molar-refractivity contribution in [1.29, 1.82) is 0 Å². The molecule has 90 valence electrons. The summed E-state index contributed by atoms with van der Waals surface area (Å²) in [4.78, 5) is 2.52. The molecule has 0 saturated carbocycles. The molecular formula is C11H21N5. The molecule has 0 radical (unpaired) electrons. The lowest BCUT2D eigenvalue weighted by Gasteiger charge is -2.19. The maximum atomic E-state index is 5.50. The van der Waals surface area contributed by atoms with E-state index in [4.69, 9.17) is 5.73 Å². The SMILES string of the molecule is NCc1cn(CCN2CCCCCC2)nn1. The van der Waals surface area contributed by atoms with Crippen LogP contribution in [0.25, 0.3) is 0 Å². The molecular weight excluding hydrogens is 202 g/mol. The Morgan fingerprint density at radius 2 is 1.88 bits per heavy atom. The number of hydrogen-bond donors (Lipinski definition) is 1. The number of nitrogens with two attached hydrogens (primary N) is 1. The number of likely N-dealkylation sites (tertiary alicyclic amines) is 1. The standard InChI is InChI=1S/C11H21N5/c12-9-11-10-16(14-13-11)8-7-15-5-3-1-2-4-6-15/h10H,1-9,12H2. The van der Waals surface area contributed by atoms with Crippen molar-refractivity contribution in [1.82, 2.24) is 19.9 Å². The fourth-order valence-corrected chi connectivity index (χ4v) is 2.15. The van der Waals surface area contributed by atoms with E-state index in [1.165, 1.54) is 38.8 Å². The fourth-order valence-electron chi connectivity index (χ4n) is 2.15. The smallest absolute Gasteiger partial charge is 0.0962 e. The van der Waals surface area contributed by atoms with Crippen molar-refractivity contribution in [3.63, 3.8) is 0 Å². The van der Waals surface area contributed by atoms with Crippen LogP contribution >= 0.6 is 0 Å². The predicted octanol–water partition coefficient (Wildman–Crippen LogP) is 0.613. The van der Waals surface area contributed by atoms with Gasteiger partial charge in [0.15, 0.2) is 0 Å². The molecule has 5 heteroatoms. The Balaban J connectivity index is 1.77. The molecule has 1 aromatic heterocycles. The minimum absolute atomic E-state index is 0.476. The van der Waals surface area contributed by atoms with Crippen LogP contribution in [0.1, 0.15) is 31.4 Å². The average molecular weight is 223 g/mol. The van der Waals surface area contributed by atoms with E-state index in [1.807, 2.05) is 10.9 Å². The average Bonchev–Trinajstić information content (AvgIpc) is 2.61. The molecule has 1 saturated heterocycles. The lowest BCUT2D eigenvalue weighted by atomic mass is 10.2. The first-order valence-corrected chi connectivity index (χ1v) is 6.20. The molecule has 0 amide bonds. The van der Waals surface area contributed by atoms with E-state index in [2.05, 4.69) is 15.2 Å². The second-order valence-electron chi connectivity index (χ2n) is 4.43. The molecule has 1 aliphatic heterocycles. The van der Waals surface area contributed by atoms with E-state index >= 15 is 0 Å². The minimum Gasteiger partial charge on any atom is -0.325 e. The van der Waals surface area contributed by atoms with Crippen LogP contribution in [-0.2, 0) is 13.1 Å². The Morgan fingerprint density at radius 3 is 2.50 bits per heavy atom. The van der Waals surface area contributed by atoms with Gasteiger partial charge in [-0.25, -0.2) is 0 Å². The summed E-state index contributed by atoms with van der Waals surface area (Å²) >= 11 is 0. The van der Waals surface area contributed by atoms with Crippen LogP contribution in [0, 0.1) is 0 Å². The van der Waals surface area contributed by atoms with E-state index in [9.17, 15) is 0 Å². The van der Waals surface area contributed by atoms with E-state index in [1.54, 1.807) is 0 Å². The van der Waals surface area contributed by atoms with Crippen molar-refractivity contribution in [2.24, 2.45) is 5.73 Å². The quantitative estimate of drug-likeness (QED) is 0.812. The van der Waals surface area contributed by atoms with Crippen LogP contribution in [0.15, 0.2) is 6.20 Å². The summed E-state index contributed by atoms with van der Waals surface area (Å²) in [5, 5.41) is 8.04. The fraction of sp³-hybridized carbons (Fsp3) is 0.818. The van der Waals surface area contributed by atoms with E-state index in [-0.39, 0.29) is 0 Å². The van der Waals surface area contributed by atoms with Gasteiger partial charge in [0.05, 0.1) is 12.2 Å². The Labute approximate surface area is 96.6 Å². The number of aromatic nitrogens is 3. The van der Waals surface area contributed by atoms with Crippen molar-refractivity contribution >= 4 is 0 Å². The Hall–Kier alpha value is -0.940. The molecule has 16 heavy (non-hydrogen) atoms. The van der Waals surface area contributed by atoms with Gasteiger partial charge in [0.1, 0.15) is 0 Å². The Bertz CT molecular complexity index is 301. The van der Waals surface area contributed by atoms with Gasteiger partial charge in [-0.2, -0.15) is 0 Å². The summed E-state index contributed by atoms with van der Waals surface area (Å²) in [6, 6.07) is 0. The summed E-state index contributed by atoms with van der Waals surface area (Å²) in [5.74, 6) is 0. The summed E-state index contributed by atoms with van der Waals surface area (Å²) in [6.45, 7) is 4.95. The van der Waals surface area contributed by atoms with Gasteiger partial charge in [0.2, 0.25) is 0 Å². The van der Waals surface area contributed by atoms with Crippen LogP contribution in [-0.4, -0.2) is 39.5 Å². The van der Waals surface area contributed by atoms with Crippen LogP contribution in [0.3, 0.4) is 0 Å². The summed E-state index contributed by atoms with van der Waals surface area (Å²) < 4.78 is 1.90. The minimum atomic E-state index is 0.476. The van der Waals surface area contributed by atoms with Gasteiger partial charge in [0.25, 0.3) is 0 Å². The van der Waals surface area contributed by atoms with Gasteiger partial charge in [-0.3, -0.25) is 4.68 Å². The molecule has 5 nitrogen and oxygen atoms in total. The highest BCUT2D eigenvalue weighted by atomic mass is 15.4.